The minimum absolute atomic E-state index is 0.0440. The van der Waals surface area contributed by atoms with Gasteiger partial charge in [-0.05, 0) is 26.2 Å². The fourth-order valence-electron chi connectivity index (χ4n) is 2.81. The third kappa shape index (κ3) is 2.99. The van der Waals surface area contributed by atoms with Crippen LogP contribution in [0.5, 0.6) is 0 Å². The zero-order valence-corrected chi connectivity index (χ0v) is 11.2. The number of carbonyl (C=O) groups is 1. The lowest BCUT2D eigenvalue weighted by Gasteiger charge is -2.41. The second-order valence-electron chi connectivity index (χ2n) is 6.02. The van der Waals surface area contributed by atoms with E-state index in [2.05, 4.69) is 26.1 Å². The van der Waals surface area contributed by atoms with Gasteiger partial charge in [0, 0.05) is 44.3 Å². The fourth-order valence-corrected chi connectivity index (χ4v) is 2.81. The number of hydrogen-bond donors (Lipinski definition) is 1. The third-order valence-electron chi connectivity index (χ3n) is 3.84. The summed E-state index contributed by atoms with van der Waals surface area (Å²) in [7, 11) is 0. The normalized spacial score (nSPS) is 33.5. The van der Waals surface area contributed by atoms with Crippen molar-refractivity contribution in [2.75, 3.05) is 32.8 Å². The van der Waals surface area contributed by atoms with Gasteiger partial charge in [-0.2, -0.15) is 0 Å². The Hall–Kier alpha value is -0.610. The maximum absolute atomic E-state index is 12.5. The van der Waals surface area contributed by atoms with E-state index in [1.165, 1.54) is 0 Å². The minimum Gasteiger partial charge on any atom is -0.381 e. The highest BCUT2D eigenvalue weighted by molar-refractivity contribution is 5.79. The molecule has 0 aromatic heterocycles. The Labute approximate surface area is 104 Å². The van der Waals surface area contributed by atoms with Crippen molar-refractivity contribution in [1.29, 1.82) is 0 Å². The summed E-state index contributed by atoms with van der Waals surface area (Å²) >= 11 is 0. The first-order valence-electron chi connectivity index (χ1n) is 6.61. The van der Waals surface area contributed by atoms with E-state index in [1.807, 2.05) is 4.90 Å². The van der Waals surface area contributed by atoms with Gasteiger partial charge in [-0.1, -0.05) is 6.92 Å². The van der Waals surface area contributed by atoms with Gasteiger partial charge in [0.1, 0.15) is 0 Å². The highest BCUT2D eigenvalue weighted by Gasteiger charge is 2.35. The zero-order chi connectivity index (χ0) is 12.5. The van der Waals surface area contributed by atoms with Crippen LogP contribution < -0.4 is 5.32 Å². The summed E-state index contributed by atoms with van der Waals surface area (Å²) in [4.78, 5) is 14.5. The van der Waals surface area contributed by atoms with Gasteiger partial charge in [-0.3, -0.25) is 4.79 Å². The van der Waals surface area contributed by atoms with Crippen molar-refractivity contribution < 1.29 is 9.53 Å². The van der Waals surface area contributed by atoms with Gasteiger partial charge in [0.05, 0.1) is 0 Å². The molecule has 2 aliphatic rings. The van der Waals surface area contributed by atoms with Gasteiger partial charge in [0.15, 0.2) is 0 Å². The lowest BCUT2D eigenvalue weighted by molar-refractivity contribution is -0.143. The van der Waals surface area contributed by atoms with Gasteiger partial charge >= 0.3 is 0 Å². The SMILES string of the molecule is CC1COCCC1C(=O)N1CCNC(C)(C)C1. The van der Waals surface area contributed by atoms with E-state index < -0.39 is 0 Å². The molecule has 17 heavy (non-hydrogen) atoms. The Balaban J connectivity index is 1.99. The van der Waals surface area contributed by atoms with Crippen LogP contribution in [-0.2, 0) is 9.53 Å². The molecule has 98 valence electrons. The molecule has 0 aromatic carbocycles. The molecule has 2 fully saturated rings. The van der Waals surface area contributed by atoms with Crippen molar-refractivity contribution in [3.63, 3.8) is 0 Å². The first-order chi connectivity index (χ1) is 7.99. The summed E-state index contributed by atoms with van der Waals surface area (Å²) in [6.45, 7) is 10.4. The first kappa shape index (κ1) is 12.8. The molecule has 2 unspecified atom stereocenters. The molecule has 1 N–H and O–H groups in total. The van der Waals surface area contributed by atoms with Crippen LogP contribution in [0.3, 0.4) is 0 Å². The van der Waals surface area contributed by atoms with Crippen molar-refractivity contribution in [1.82, 2.24) is 10.2 Å². The van der Waals surface area contributed by atoms with E-state index in [4.69, 9.17) is 4.74 Å². The average Bonchev–Trinajstić information content (AvgIpc) is 2.27. The van der Waals surface area contributed by atoms with Crippen molar-refractivity contribution in [2.24, 2.45) is 11.8 Å². The van der Waals surface area contributed by atoms with Crippen LogP contribution >= 0.6 is 0 Å². The van der Waals surface area contributed by atoms with Crippen LogP contribution in [0.4, 0.5) is 0 Å². The Bertz CT molecular complexity index is 291. The van der Waals surface area contributed by atoms with E-state index in [9.17, 15) is 4.79 Å². The second kappa shape index (κ2) is 4.94. The van der Waals surface area contributed by atoms with Crippen LogP contribution in [0.1, 0.15) is 27.2 Å². The summed E-state index contributed by atoms with van der Waals surface area (Å²) in [6.07, 6.45) is 0.879. The number of carbonyl (C=O) groups excluding carboxylic acids is 1. The molecule has 0 aliphatic carbocycles. The lowest BCUT2D eigenvalue weighted by Crippen LogP contribution is -2.59. The Morgan fingerprint density at radius 2 is 2.24 bits per heavy atom. The van der Waals surface area contributed by atoms with Crippen molar-refractivity contribution in [3.8, 4) is 0 Å². The standard InChI is InChI=1S/C13H24N2O2/c1-10-8-17-7-4-11(10)12(16)15-6-5-14-13(2,3)9-15/h10-11,14H,4-9H2,1-3H3. The van der Waals surface area contributed by atoms with E-state index in [0.717, 1.165) is 39.3 Å². The van der Waals surface area contributed by atoms with Crippen molar-refractivity contribution >= 4 is 5.91 Å². The monoisotopic (exact) mass is 240 g/mol. The maximum Gasteiger partial charge on any atom is 0.226 e. The summed E-state index contributed by atoms with van der Waals surface area (Å²) < 4.78 is 5.41. The molecule has 2 heterocycles. The average molecular weight is 240 g/mol. The zero-order valence-electron chi connectivity index (χ0n) is 11.2. The lowest BCUT2D eigenvalue weighted by atomic mass is 9.88. The number of nitrogens with one attached hydrogen (secondary N) is 1. The molecule has 2 aliphatic heterocycles. The highest BCUT2D eigenvalue weighted by atomic mass is 16.5. The third-order valence-corrected chi connectivity index (χ3v) is 3.84. The van der Waals surface area contributed by atoms with Gasteiger partial charge in [-0.25, -0.2) is 0 Å². The molecule has 0 radical (unpaired) electrons. The topological polar surface area (TPSA) is 41.6 Å². The molecule has 0 spiro atoms. The number of amides is 1. The molecular weight excluding hydrogens is 216 g/mol. The summed E-state index contributed by atoms with van der Waals surface area (Å²) in [6, 6.07) is 0. The van der Waals surface area contributed by atoms with Crippen LogP contribution in [0.2, 0.25) is 0 Å². The number of piperazine rings is 1. The van der Waals surface area contributed by atoms with Crippen LogP contribution in [0.25, 0.3) is 0 Å². The van der Waals surface area contributed by atoms with E-state index >= 15 is 0 Å². The first-order valence-corrected chi connectivity index (χ1v) is 6.61. The van der Waals surface area contributed by atoms with Crippen LogP contribution in [0.15, 0.2) is 0 Å². The quantitative estimate of drug-likeness (QED) is 0.739. The van der Waals surface area contributed by atoms with E-state index in [1.54, 1.807) is 0 Å². The van der Waals surface area contributed by atoms with Crippen molar-refractivity contribution in [2.45, 2.75) is 32.7 Å². The molecule has 4 heteroatoms. The van der Waals surface area contributed by atoms with Gasteiger partial charge in [0.2, 0.25) is 5.91 Å². The summed E-state index contributed by atoms with van der Waals surface area (Å²) in [5.41, 5.74) is 0.0440. The fraction of sp³-hybridized carbons (Fsp3) is 0.923. The van der Waals surface area contributed by atoms with Crippen LogP contribution in [-0.4, -0.2) is 49.2 Å². The molecule has 2 saturated heterocycles. The molecule has 0 bridgehead atoms. The largest absolute Gasteiger partial charge is 0.381 e. The maximum atomic E-state index is 12.5. The minimum atomic E-state index is 0.0440. The van der Waals surface area contributed by atoms with Crippen LogP contribution in [0, 0.1) is 11.8 Å². The second-order valence-corrected chi connectivity index (χ2v) is 6.02. The predicted octanol–water partition coefficient (Wildman–Crippen LogP) is 0.869. The molecule has 1 amide bonds. The molecule has 0 saturated carbocycles. The van der Waals surface area contributed by atoms with Gasteiger partial charge < -0.3 is 15.0 Å². The highest BCUT2D eigenvalue weighted by Crippen LogP contribution is 2.25. The number of ether oxygens (including phenoxy) is 1. The number of hydrogen-bond acceptors (Lipinski definition) is 3. The number of nitrogens with zero attached hydrogens (tertiary/aromatic N) is 1. The molecule has 2 rings (SSSR count). The Kier molecular flexibility index (Phi) is 3.73. The Morgan fingerprint density at radius 3 is 2.88 bits per heavy atom. The molecule has 0 aromatic rings. The summed E-state index contributed by atoms with van der Waals surface area (Å²) in [5.74, 6) is 0.849. The summed E-state index contributed by atoms with van der Waals surface area (Å²) in [5, 5.41) is 3.44. The van der Waals surface area contributed by atoms with Gasteiger partial charge in [0.25, 0.3) is 0 Å². The van der Waals surface area contributed by atoms with E-state index in [0.29, 0.717) is 11.8 Å². The van der Waals surface area contributed by atoms with Gasteiger partial charge in [-0.15, -0.1) is 0 Å². The molecular formula is C13H24N2O2. The van der Waals surface area contributed by atoms with E-state index in [-0.39, 0.29) is 11.5 Å². The van der Waals surface area contributed by atoms with Crippen molar-refractivity contribution in [3.05, 3.63) is 0 Å². The Morgan fingerprint density at radius 1 is 1.47 bits per heavy atom. The predicted molar refractivity (Wildman–Crippen MR) is 66.8 cm³/mol. The molecule has 4 nitrogen and oxygen atoms in total. The smallest absolute Gasteiger partial charge is 0.226 e. The molecule has 2 atom stereocenters. The number of rotatable bonds is 1.